The highest BCUT2D eigenvalue weighted by Crippen LogP contribution is 2.70. The quantitative estimate of drug-likeness (QED) is 0.154. The Bertz CT molecular complexity index is 1200. The second-order valence-electron chi connectivity index (χ2n) is 14.7. The Morgan fingerprint density at radius 1 is 1.00 bits per heavy atom. The first-order valence-electron chi connectivity index (χ1n) is 16.6. The molecule has 0 N–H and O–H groups in total. The Balaban J connectivity index is 1.50. The standard InChI is InChI=1S/C36H51IO6/c1-7-26-30-20-25(42-22(3)38)15-17-36(30,5)29-16-18-35(4)27(21(2)11-14-31(39)41-6)12-13-28(35)32(29)33(26)43-34(40)23-9-8-10-24(37)19-23/h8-10,19,21,25-30,32-33H,7,11-18,20H2,1-6H3/t21-,25-,26-,27-,28+,29+,30+,32+,33-,35-,36-/m1/s1. The van der Waals surface area contributed by atoms with Crippen LogP contribution in [0.3, 0.4) is 0 Å². The summed E-state index contributed by atoms with van der Waals surface area (Å²) in [6, 6.07) is 7.71. The SMILES string of the molecule is CC[C@H]1[C@@H](OC(=O)c2cccc(I)c2)[C@@H]2[C@H](CC[C@]3(C)[C@@H]([C@H](C)CCC(=O)OC)CC[C@@H]23)[C@@]2(C)CC[C@@H](OC(C)=O)C[C@@H]12. The summed E-state index contributed by atoms with van der Waals surface area (Å²) in [5.74, 6) is 2.23. The number of ether oxygens (including phenoxy) is 3. The third-order valence-corrected chi connectivity index (χ3v) is 13.4. The highest BCUT2D eigenvalue weighted by atomic mass is 127. The Morgan fingerprint density at radius 3 is 2.40 bits per heavy atom. The van der Waals surface area contributed by atoms with Gasteiger partial charge in [0.05, 0.1) is 12.7 Å². The summed E-state index contributed by atoms with van der Waals surface area (Å²) < 4.78 is 18.5. The number of methoxy groups -OCH3 is 1. The molecule has 0 amide bonds. The highest BCUT2D eigenvalue weighted by molar-refractivity contribution is 14.1. The summed E-state index contributed by atoms with van der Waals surface area (Å²) in [6.07, 6.45) is 9.47. The number of hydrogen-bond acceptors (Lipinski definition) is 6. The van der Waals surface area contributed by atoms with Crippen LogP contribution in [0.15, 0.2) is 24.3 Å². The van der Waals surface area contributed by atoms with Gasteiger partial charge >= 0.3 is 17.9 Å². The van der Waals surface area contributed by atoms with Gasteiger partial charge in [-0.1, -0.05) is 33.8 Å². The molecule has 4 aliphatic carbocycles. The van der Waals surface area contributed by atoms with E-state index in [1.54, 1.807) is 0 Å². The first-order chi connectivity index (χ1) is 20.4. The molecule has 5 rings (SSSR count). The van der Waals surface area contributed by atoms with E-state index < -0.39 is 0 Å². The van der Waals surface area contributed by atoms with Crippen LogP contribution < -0.4 is 0 Å². The fourth-order valence-corrected chi connectivity index (χ4v) is 11.4. The van der Waals surface area contributed by atoms with Crippen molar-refractivity contribution in [3.63, 3.8) is 0 Å². The van der Waals surface area contributed by atoms with E-state index in [1.165, 1.54) is 20.5 Å². The molecule has 0 bridgehead atoms. The number of carbonyl (C=O) groups excluding carboxylic acids is 3. The first kappa shape index (κ1) is 32.7. The van der Waals surface area contributed by atoms with Gasteiger partial charge in [0.15, 0.2) is 0 Å². The van der Waals surface area contributed by atoms with Crippen molar-refractivity contribution in [2.24, 2.45) is 52.3 Å². The minimum Gasteiger partial charge on any atom is -0.469 e. The normalized spacial score (nSPS) is 39.0. The lowest BCUT2D eigenvalue weighted by molar-refractivity contribution is -0.207. The molecule has 0 radical (unpaired) electrons. The molecule has 1 aromatic rings. The Labute approximate surface area is 271 Å². The molecular weight excluding hydrogens is 655 g/mol. The molecule has 0 heterocycles. The Hall–Kier alpha value is -1.64. The van der Waals surface area contributed by atoms with Gasteiger partial charge in [-0.15, -0.1) is 0 Å². The predicted octanol–water partition coefficient (Wildman–Crippen LogP) is 8.24. The van der Waals surface area contributed by atoms with E-state index in [0.717, 1.165) is 54.9 Å². The molecule has 1 aromatic carbocycles. The fourth-order valence-electron chi connectivity index (χ4n) is 10.8. The summed E-state index contributed by atoms with van der Waals surface area (Å²) in [4.78, 5) is 37.8. The van der Waals surface area contributed by atoms with E-state index in [9.17, 15) is 14.4 Å². The Kier molecular flexibility index (Phi) is 9.90. The van der Waals surface area contributed by atoms with Crippen molar-refractivity contribution in [1.29, 1.82) is 0 Å². The van der Waals surface area contributed by atoms with Crippen LogP contribution in [0.4, 0.5) is 0 Å². The summed E-state index contributed by atoms with van der Waals surface area (Å²) in [5, 5.41) is 0. The van der Waals surface area contributed by atoms with Crippen LogP contribution in [0, 0.1) is 55.8 Å². The second-order valence-corrected chi connectivity index (χ2v) is 15.9. The maximum atomic E-state index is 13.8. The molecule has 4 aliphatic rings. The van der Waals surface area contributed by atoms with Crippen molar-refractivity contribution in [1.82, 2.24) is 0 Å². The van der Waals surface area contributed by atoms with E-state index in [2.05, 4.69) is 50.3 Å². The van der Waals surface area contributed by atoms with Crippen LogP contribution >= 0.6 is 22.6 Å². The maximum Gasteiger partial charge on any atom is 0.338 e. The van der Waals surface area contributed by atoms with E-state index in [0.29, 0.717) is 47.5 Å². The number of halogens is 1. The third-order valence-electron chi connectivity index (χ3n) is 12.8. The average Bonchev–Trinajstić information content (AvgIpc) is 3.33. The predicted molar refractivity (Wildman–Crippen MR) is 174 cm³/mol. The van der Waals surface area contributed by atoms with Gasteiger partial charge in [-0.25, -0.2) is 4.79 Å². The van der Waals surface area contributed by atoms with Crippen LogP contribution in [0.5, 0.6) is 0 Å². The van der Waals surface area contributed by atoms with E-state index in [-0.39, 0.29) is 46.9 Å². The molecule has 0 aromatic heterocycles. The summed E-state index contributed by atoms with van der Waals surface area (Å²) in [6.45, 7) is 11.1. The van der Waals surface area contributed by atoms with Crippen molar-refractivity contribution in [2.75, 3.05) is 7.11 Å². The average molecular weight is 707 g/mol. The molecular formula is C36H51IO6. The van der Waals surface area contributed by atoms with Crippen LogP contribution in [-0.4, -0.2) is 37.2 Å². The molecule has 11 atom stereocenters. The molecule has 4 saturated carbocycles. The molecule has 0 spiro atoms. The second kappa shape index (κ2) is 13.0. The number of carbonyl (C=O) groups is 3. The number of rotatable bonds is 8. The molecule has 0 saturated heterocycles. The zero-order chi connectivity index (χ0) is 31.1. The third kappa shape index (κ3) is 6.14. The summed E-state index contributed by atoms with van der Waals surface area (Å²) >= 11 is 2.25. The fraction of sp³-hybridized carbons (Fsp3) is 0.750. The zero-order valence-corrected chi connectivity index (χ0v) is 29.1. The van der Waals surface area contributed by atoms with Crippen LogP contribution in [0.1, 0.15) is 109 Å². The minimum absolute atomic E-state index is 0.0615. The molecule has 0 unspecified atom stereocenters. The van der Waals surface area contributed by atoms with Gasteiger partial charge in [-0.2, -0.15) is 0 Å². The molecule has 238 valence electrons. The van der Waals surface area contributed by atoms with Crippen molar-refractivity contribution < 1.29 is 28.6 Å². The van der Waals surface area contributed by atoms with Gasteiger partial charge in [-0.05, 0) is 145 Å². The van der Waals surface area contributed by atoms with Gasteiger partial charge in [-0.3, -0.25) is 9.59 Å². The summed E-state index contributed by atoms with van der Waals surface area (Å²) in [7, 11) is 1.47. The monoisotopic (exact) mass is 706 g/mol. The largest absolute Gasteiger partial charge is 0.469 e. The van der Waals surface area contributed by atoms with Gasteiger partial charge in [0.25, 0.3) is 0 Å². The lowest BCUT2D eigenvalue weighted by atomic mass is 9.41. The van der Waals surface area contributed by atoms with E-state index >= 15 is 0 Å². The van der Waals surface area contributed by atoms with E-state index in [1.807, 2.05) is 24.3 Å². The van der Waals surface area contributed by atoms with Gasteiger partial charge in [0, 0.05) is 22.8 Å². The number of fused-ring (bicyclic) bond motifs is 5. The van der Waals surface area contributed by atoms with Crippen molar-refractivity contribution >= 4 is 40.5 Å². The van der Waals surface area contributed by atoms with Crippen molar-refractivity contribution in [3.05, 3.63) is 33.4 Å². The van der Waals surface area contributed by atoms with Gasteiger partial charge < -0.3 is 14.2 Å². The van der Waals surface area contributed by atoms with Crippen molar-refractivity contribution in [2.45, 2.75) is 111 Å². The Morgan fingerprint density at radius 2 is 1.72 bits per heavy atom. The minimum atomic E-state index is -0.218. The maximum absolute atomic E-state index is 13.8. The zero-order valence-electron chi connectivity index (χ0n) is 26.9. The van der Waals surface area contributed by atoms with Gasteiger partial charge in [0.2, 0.25) is 0 Å². The highest BCUT2D eigenvalue weighted by Gasteiger charge is 2.66. The molecule has 0 aliphatic heterocycles. The topological polar surface area (TPSA) is 78.9 Å². The van der Waals surface area contributed by atoms with Gasteiger partial charge in [0.1, 0.15) is 12.2 Å². The molecule has 43 heavy (non-hydrogen) atoms. The van der Waals surface area contributed by atoms with Crippen molar-refractivity contribution in [3.8, 4) is 0 Å². The van der Waals surface area contributed by atoms with Crippen LogP contribution in [-0.2, 0) is 23.8 Å². The molecule has 7 heteroatoms. The molecule has 4 fully saturated rings. The number of benzene rings is 1. The lowest BCUT2D eigenvalue weighted by Gasteiger charge is -2.65. The first-order valence-corrected chi connectivity index (χ1v) is 17.7. The molecule has 6 nitrogen and oxygen atoms in total. The smallest absolute Gasteiger partial charge is 0.338 e. The van der Waals surface area contributed by atoms with Crippen LogP contribution in [0.2, 0.25) is 0 Å². The summed E-state index contributed by atoms with van der Waals surface area (Å²) in [5.41, 5.74) is 0.899. The lowest BCUT2D eigenvalue weighted by Crippen LogP contribution is -2.63. The number of hydrogen-bond donors (Lipinski definition) is 0. The van der Waals surface area contributed by atoms with Crippen LogP contribution in [0.25, 0.3) is 0 Å². The van der Waals surface area contributed by atoms with E-state index in [4.69, 9.17) is 14.2 Å². The number of esters is 3.